The lowest BCUT2D eigenvalue weighted by Crippen LogP contribution is -2.60. The normalized spacial score (nSPS) is 19.9. The van der Waals surface area contributed by atoms with Crippen LogP contribution in [0, 0.1) is 0 Å². The van der Waals surface area contributed by atoms with Crippen LogP contribution in [0.15, 0.2) is 0 Å². The number of carbonyl (C=O) groups excluding carboxylic acids is 2. The number of unbranched alkanes of at least 4 members (excludes halogenated alkanes) is 31. The minimum absolute atomic E-state index is 0.172. The fraction of sp³-hybridized carbons (Fsp3) is 0.958. The zero-order valence-corrected chi connectivity index (χ0v) is 39.6. The van der Waals surface area contributed by atoms with Crippen molar-refractivity contribution in [2.45, 2.75) is 275 Å². The summed E-state index contributed by atoms with van der Waals surface area (Å²) in [6, 6.07) is 0. The fourth-order valence-electron chi connectivity index (χ4n) is 8.03. The van der Waals surface area contributed by atoms with Gasteiger partial charge in [0.25, 0.3) is 10.1 Å². The van der Waals surface area contributed by atoms with Gasteiger partial charge in [0, 0.05) is 12.8 Å². The second kappa shape index (κ2) is 39.1. The van der Waals surface area contributed by atoms with E-state index >= 15 is 0 Å². The molecule has 0 aromatic rings. The highest BCUT2D eigenvalue weighted by Crippen LogP contribution is 2.24. The minimum Gasteiger partial charge on any atom is -0.462 e. The summed E-state index contributed by atoms with van der Waals surface area (Å²) in [4.78, 5) is 25.4. The van der Waals surface area contributed by atoms with Crippen molar-refractivity contribution >= 4 is 22.1 Å². The van der Waals surface area contributed by atoms with Gasteiger partial charge in [-0.25, -0.2) is 0 Å². The summed E-state index contributed by atoms with van der Waals surface area (Å²) in [7, 11) is -4.60. The number of aliphatic hydroxyl groups is 3. The van der Waals surface area contributed by atoms with Crippen molar-refractivity contribution in [3.05, 3.63) is 0 Å². The summed E-state index contributed by atoms with van der Waals surface area (Å²) in [5.41, 5.74) is 0. The van der Waals surface area contributed by atoms with Crippen molar-refractivity contribution in [2.24, 2.45) is 0 Å². The van der Waals surface area contributed by atoms with Gasteiger partial charge in [-0.1, -0.05) is 213 Å². The van der Waals surface area contributed by atoms with Crippen LogP contribution in [0.1, 0.15) is 239 Å². The summed E-state index contributed by atoms with van der Waals surface area (Å²) in [6.07, 6.45) is 31.5. The van der Waals surface area contributed by atoms with Crippen LogP contribution in [-0.4, -0.2) is 96.0 Å². The molecule has 0 aliphatic carbocycles. The van der Waals surface area contributed by atoms with Crippen LogP contribution in [0.3, 0.4) is 0 Å². The molecule has 13 heteroatoms. The first-order valence-electron chi connectivity index (χ1n) is 25.1. The van der Waals surface area contributed by atoms with E-state index in [1.54, 1.807) is 0 Å². The van der Waals surface area contributed by atoms with E-state index in [1.807, 2.05) is 0 Å². The molecule has 1 fully saturated rings. The third-order valence-electron chi connectivity index (χ3n) is 11.9. The van der Waals surface area contributed by atoms with Crippen LogP contribution < -0.4 is 0 Å². The van der Waals surface area contributed by atoms with Gasteiger partial charge in [-0.05, 0) is 12.8 Å². The van der Waals surface area contributed by atoms with Crippen LogP contribution in [-0.2, 0) is 38.7 Å². The number of aliphatic hydroxyl groups excluding tert-OH is 3. The molecule has 1 saturated heterocycles. The monoisotopic (exact) mass is 893 g/mol. The molecule has 0 radical (unpaired) electrons. The Labute approximate surface area is 372 Å². The molecule has 1 aliphatic rings. The molecule has 0 bridgehead atoms. The molecule has 61 heavy (non-hydrogen) atoms. The molecule has 362 valence electrons. The maximum absolute atomic E-state index is 12.8. The Kier molecular flexibility index (Phi) is 36.9. The van der Waals surface area contributed by atoms with Gasteiger partial charge >= 0.3 is 11.9 Å². The maximum atomic E-state index is 12.8. The lowest BCUT2D eigenvalue weighted by Gasteiger charge is -2.40. The second-order valence-corrected chi connectivity index (χ2v) is 19.3. The third kappa shape index (κ3) is 33.8. The molecule has 4 N–H and O–H groups in total. The van der Waals surface area contributed by atoms with E-state index in [0.29, 0.717) is 12.8 Å². The van der Waals surface area contributed by atoms with E-state index < -0.39 is 71.2 Å². The summed E-state index contributed by atoms with van der Waals surface area (Å²) in [6.45, 7) is 3.79. The average Bonchev–Trinajstić information content (AvgIpc) is 3.22. The van der Waals surface area contributed by atoms with Crippen LogP contribution in [0.5, 0.6) is 0 Å². The van der Waals surface area contributed by atoms with Crippen LogP contribution in [0.25, 0.3) is 0 Å². The predicted octanol–water partition coefficient (Wildman–Crippen LogP) is 10.8. The molecular weight excluding hydrogens is 801 g/mol. The molecule has 0 spiro atoms. The summed E-state index contributed by atoms with van der Waals surface area (Å²) in [5.74, 6) is -1.96. The van der Waals surface area contributed by atoms with E-state index in [1.165, 1.54) is 161 Å². The molecule has 6 atom stereocenters. The smallest absolute Gasteiger partial charge is 0.306 e. The van der Waals surface area contributed by atoms with Gasteiger partial charge in [0.15, 0.2) is 12.4 Å². The van der Waals surface area contributed by atoms with Crippen molar-refractivity contribution < 1.29 is 56.8 Å². The van der Waals surface area contributed by atoms with E-state index in [2.05, 4.69) is 13.8 Å². The first kappa shape index (κ1) is 57.7. The lowest BCUT2D eigenvalue weighted by atomic mass is 10.00. The Morgan fingerprint density at radius 1 is 0.492 bits per heavy atom. The summed E-state index contributed by atoms with van der Waals surface area (Å²) >= 11 is 0. The number of ether oxygens (including phenoxy) is 4. The topological polar surface area (TPSA) is 186 Å². The van der Waals surface area contributed by atoms with E-state index in [4.69, 9.17) is 18.9 Å². The quantitative estimate of drug-likeness (QED) is 0.0258. The zero-order chi connectivity index (χ0) is 44.8. The standard InChI is InChI=1S/C48H92O12S/c1-3-5-7-9-11-13-15-17-18-19-20-21-22-23-24-25-27-28-30-32-34-36-43(49)57-38-41(39-58-48-47(53)46(52)45(51)42(60-48)40-61(54,55)56)59-44(50)37-35-33-31-29-26-16-14-12-10-8-6-4-2/h41-42,45-48,51-53H,3-40H2,1-2H3,(H,54,55,56)/t41-,42-,45-,46?,47?,48+/m1/s1. The largest absolute Gasteiger partial charge is 0.462 e. The lowest BCUT2D eigenvalue weighted by molar-refractivity contribution is -0.297. The first-order valence-corrected chi connectivity index (χ1v) is 26.7. The number of rotatable bonds is 43. The summed E-state index contributed by atoms with van der Waals surface area (Å²) in [5, 5.41) is 30.9. The first-order chi connectivity index (χ1) is 29.5. The van der Waals surface area contributed by atoms with Gasteiger partial charge in [0.05, 0.1) is 6.61 Å². The van der Waals surface area contributed by atoms with Crippen LogP contribution in [0.2, 0.25) is 0 Å². The molecule has 0 aromatic carbocycles. The molecule has 2 unspecified atom stereocenters. The molecule has 0 aromatic heterocycles. The Morgan fingerprint density at radius 3 is 1.20 bits per heavy atom. The Bertz CT molecular complexity index is 1140. The maximum Gasteiger partial charge on any atom is 0.306 e. The molecule has 1 aliphatic heterocycles. The highest BCUT2D eigenvalue weighted by atomic mass is 32.2. The summed E-state index contributed by atoms with van der Waals surface area (Å²) < 4.78 is 54.1. The van der Waals surface area contributed by atoms with Gasteiger partial charge in [0.2, 0.25) is 0 Å². The van der Waals surface area contributed by atoms with Crippen molar-refractivity contribution in [2.75, 3.05) is 19.0 Å². The highest BCUT2D eigenvalue weighted by Gasteiger charge is 2.46. The SMILES string of the molecule is CCCCCCCCCCCCCCCCCCCCCCCC(=O)OC[C@H](CO[C@H]1O[C@H](CS(=O)(=O)O)[C@@H](O)C(O)C1O)OC(=O)CCCCCCCCCCCCCC. The van der Waals surface area contributed by atoms with E-state index in [9.17, 15) is 37.9 Å². The number of hydrogen-bond acceptors (Lipinski definition) is 11. The van der Waals surface area contributed by atoms with Crippen LogP contribution in [0.4, 0.5) is 0 Å². The van der Waals surface area contributed by atoms with Crippen molar-refractivity contribution in [3.63, 3.8) is 0 Å². The Morgan fingerprint density at radius 2 is 0.836 bits per heavy atom. The average molecular weight is 893 g/mol. The van der Waals surface area contributed by atoms with Crippen molar-refractivity contribution in [1.82, 2.24) is 0 Å². The van der Waals surface area contributed by atoms with Crippen molar-refractivity contribution in [3.8, 4) is 0 Å². The minimum atomic E-state index is -4.60. The molecule has 0 saturated carbocycles. The van der Waals surface area contributed by atoms with Gasteiger partial charge in [0.1, 0.15) is 36.8 Å². The third-order valence-corrected chi connectivity index (χ3v) is 12.7. The van der Waals surface area contributed by atoms with Crippen LogP contribution >= 0.6 is 0 Å². The number of carbonyl (C=O) groups is 2. The molecule has 0 amide bonds. The highest BCUT2D eigenvalue weighted by molar-refractivity contribution is 7.85. The zero-order valence-electron chi connectivity index (χ0n) is 38.8. The Balaban J connectivity index is 2.33. The molecule has 1 heterocycles. The van der Waals surface area contributed by atoms with Gasteiger partial charge < -0.3 is 34.3 Å². The molecular formula is C48H92O12S. The van der Waals surface area contributed by atoms with Gasteiger partial charge in [-0.3, -0.25) is 14.1 Å². The van der Waals surface area contributed by atoms with E-state index in [-0.39, 0.29) is 19.4 Å². The molecule has 1 rings (SSSR count). The van der Waals surface area contributed by atoms with Gasteiger partial charge in [-0.2, -0.15) is 8.42 Å². The molecule has 12 nitrogen and oxygen atoms in total. The van der Waals surface area contributed by atoms with Gasteiger partial charge in [-0.15, -0.1) is 0 Å². The predicted molar refractivity (Wildman–Crippen MR) is 243 cm³/mol. The Hall–Kier alpha value is -1.35. The van der Waals surface area contributed by atoms with Crippen molar-refractivity contribution in [1.29, 1.82) is 0 Å². The van der Waals surface area contributed by atoms with E-state index in [0.717, 1.165) is 38.5 Å². The fourth-order valence-corrected chi connectivity index (χ4v) is 8.72. The number of esters is 2. The number of hydrogen-bond donors (Lipinski definition) is 4. The second-order valence-electron chi connectivity index (χ2n) is 17.9.